The number of rotatable bonds is 3. The molecule has 1 aromatic carbocycles. The van der Waals surface area contributed by atoms with Crippen molar-refractivity contribution in [2.24, 2.45) is 0 Å². The van der Waals surface area contributed by atoms with Gasteiger partial charge in [0.05, 0.1) is 17.4 Å². The van der Waals surface area contributed by atoms with Crippen LogP contribution in [-0.2, 0) is 0 Å². The third-order valence-electron chi connectivity index (χ3n) is 3.33. The predicted molar refractivity (Wildman–Crippen MR) is 72.0 cm³/mol. The Hall–Kier alpha value is -1.41. The first-order chi connectivity index (χ1) is 8.83. The van der Waals surface area contributed by atoms with Gasteiger partial charge in [0.15, 0.2) is 0 Å². The molecule has 1 aliphatic carbocycles. The monoisotopic (exact) mass is 262 g/mol. The topological polar surface area (TPSA) is 22.4 Å². The van der Waals surface area contributed by atoms with E-state index in [2.05, 4.69) is 0 Å². The first-order valence-electron chi connectivity index (χ1n) is 6.33. The molecule has 1 heterocycles. The van der Waals surface area contributed by atoms with Crippen molar-refractivity contribution in [1.82, 2.24) is 0 Å². The Morgan fingerprint density at radius 2 is 2.00 bits per heavy atom. The van der Waals surface area contributed by atoms with Crippen LogP contribution in [0, 0.1) is 0 Å². The molecule has 1 aromatic heterocycles. The molecule has 18 heavy (non-hydrogen) atoms. The molecule has 3 heteroatoms. The molecule has 1 aliphatic rings. The maximum atomic E-state index is 6.26. The Morgan fingerprint density at radius 1 is 1.17 bits per heavy atom. The van der Waals surface area contributed by atoms with Crippen molar-refractivity contribution in [2.45, 2.75) is 31.8 Å². The van der Waals surface area contributed by atoms with Crippen LogP contribution in [0.2, 0.25) is 5.02 Å². The Morgan fingerprint density at radius 3 is 2.67 bits per heavy atom. The summed E-state index contributed by atoms with van der Waals surface area (Å²) < 4.78 is 11.3. The van der Waals surface area contributed by atoms with Gasteiger partial charge in [-0.15, -0.1) is 0 Å². The van der Waals surface area contributed by atoms with Gasteiger partial charge in [0, 0.05) is 5.56 Å². The standard InChI is InChI=1S/C15H15ClO2/c16-13-10-11(14-6-3-9-17-14)7-8-15(13)18-12-4-1-2-5-12/h3,6-10,12H,1-2,4-5H2. The zero-order valence-corrected chi connectivity index (χ0v) is 10.8. The van der Waals surface area contributed by atoms with Crippen LogP contribution in [0.1, 0.15) is 25.7 Å². The summed E-state index contributed by atoms with van der Waals surface area (Å²) in [6.07, 6.45) is 6.77. The maximum absolute atomic E-state index is 6.26. The summed E-state index contributed by atoms with van der Waals surface area (Å²) in [5, 5.41) is 0.649. The summed E-state index contributed by atoms with van der Waals surface area (Å²) in [6.45, 7) is 0. The summed E-state index contributed by atoms with van der Waals surface area (Å²) in [5.41, 5.74) is 0.976. The second kappa shape index (κ2) is 5.07. The molecule has 1 saturated carbocycles. The number of hydrogen-bond donors (Lipinski definition) is 0. The van der Waals surface area contributed by atoms with Gasteiger partial charge in [-0.2, -0.15) is 0 Å². The lowest BCUT2D eigenvalue weighted by Crippen LogP contribution is -2.10. The van der Waals surface area contributed by atoms with E-state index in [-0.39, 0.29) is 0 Å². The first kappa shape index (κ1) is 11.7. The molecule has 0 spiro atoms. The molecule has 0 unspecified atom stereocenters. The van der Waals surface area contributed by atoms with Crippen molar-refractivity contribution < 1.29 is 9.15 Å². The predicted octanol–water partition coefficient (Wildman–Crippen LogP) is 4.92. The van der Waals surface area contributed by atoms with E-state index < -0.39 is 0 Å². The van der Waals surface area contributed by atoms with E-state index in [1.54, 1.807) is 6.26 Å². The molecule has 3 rings (SSSR count). The van der Waals surface area contributed by atoms with Gasteiger partial charge in [0.2, 0.25) is 0 Å². The Bertz CT molecular complexity index is 513. The highest BCUT2D eigenvalue weighted by Crippen LogP contribution is 2.33. The van der Waals surface area contributed by atoms with Gasteiger partial charge < -0.3 is 9.15 Å². The average molecular weight is 263 g/mol. The smallest absolute Gasteiger partial charge is 0.138 e. The van der Waals surface area contributed by atoms with Gasteiger partial charge in [-0.25, -0.2) is 0 Å². The molecule has 0 amide bonds. The highest BCUT2D eigenvalue weighted by Gasteiger charge is 2.18. The van der Waals surface area contributed by atoms with E-state index in [0.29, 0.717) is 11.1 Å². The average Bonchev–Trinajstić information content (AvgIpc) is 3.04. The van der Waals surface area contributed by atoms with Crippen LogP contribution in [0.3, 0.4) is 0 Å². The summed E-state index contributed by atoms with van der Waals surface area (Å²) in [4.78, 5) is 0. The van der Waals surface area contributed by atoms with E-state index in [4.69, 9.17) is 20.8 Å². The van der Waals surface area contributed by atoms with Gasteiger partial charge in [0.1, 0.15) is 11.5 Å². The van der Waals surface area contributed by atoms with E-state index in [0.717, 1.165) is 29.9 Å². The fraction of sp³-hybridized carbons (Fsp3) is 0.333. The zero-order chi connectivity index (χ0) is 12.4. The highest BCUT2D eigenvalue weighted by atomic mass is 35.5. The lowest BCUT2D eigenvalue weighted by atomic mass is 10.1. The molecule has 1 fully saturated rings. The Labute approximate surface area is 112 Å². The lowest BCUT2D eigenvalue weighted by molar-refractivity contribution is 0.210. The minimum Gasteiger partial charge on any atom is -0.489 e. The zero-order valence-electron chi connectivity index (χ0n) is 10.1. The SMILES string of the molecule is Clc1cc(-c2ccco2)ccc1OC1CCCC1. The van der Waals surface area contributed by atoms with Crippen molar-refractivity contribution in [1.29, 1.82) is 0 Å². The molecule has 0 saturated heterocycles. The molecule has 0 aliphatic heterocycles. The van der Waals surface area contributed by atoms with Crippen LogP contribution < -0.4 is 4.74 Å². The number of hydrogen-bond acceptors (Lipinski definition) is 2. The third-order valence-corrected chi connectivity index (χ3v) is 3.63. The molecular formula is C15H15ClO2. The summed E-state index contributed by atoms with van der Waals surface area (Å²) in [6, 6.07) is 9.59. The quantitative estimate of drug-likeness (QED) is 0.783. The highest BCUT2D eigenvalue weighted by molar-refractivity contribution is 6.32. The van der Waals surface area contributed by atoms with Crippen molar-refractivity contribution >= 4 is 11.6 Å². The fourth-order valence-corrected chi connectivity index (χ4v) is 2.60. The maximum Gasteiger partial charge on any atom is 0.138 e. The van der Waals surface area contributed by atoms with E-state index in [9.17, 15) is 0 Å². The van der Waals surface area contributed by atoms with Crippen LogP contribution >= 0.6 is 11.6 Å². The fourth-order valence-electron chi connectivity index (χ4n) is 2.38. The Balaban J connectivity index is 1.80. The van der Waals surface area contributed by atoms with Crippen molar-refractivity contribution in [3.63, 3.8) is 0 Å². The minimum atomic E-state index is 0.331. The molecule has 2 nitrogen and oxygen atoms in total. The van der Waals surface area contributed by atoms with Gasteiger partial charge in [-0.05, 0) is 56.0 Å². The van der Waals surface area contributed by atoms with Gasteiger partial charge in [-0.1, -0.05) is 11.6 Å². The lowest BCUT2D eigenvalue weighted by Gasteiger charge is -2.14. The summed E-state index contributed by atoms with van der Waals surface area (Å²) >= 11 is 6.26. The second-order valence-electron chi connectivity index (χ2n) is 4.65. The summed E-state index contributed by atoms with van der Waals surface area (Å²) in [5.74, 6) is 1.60. The number of halogens is 1. The molecule has 0 radical (unpaired) electrons. The van der Waals surface area contributed by atoms with Crippen molar-refractivity contribution in [2.75, 3.05) is 0 Å². The largest absolute Gasteiger partial charge is 0.489 e. The summed E-state index contributed by atoms with van der Waals surface area (Å²) in [7, 11) is 0. The van der Waals surface area contributed by atoms with Crippen LogP contribution in [-0.4, -0.2) is 6.10 Å². The third kappa shape index (κ3) is 2.39. The number of benzene rings is 1. The van der Waals surface area contributed by atoms with Crippen LogP contribution in [0.25, 0.3) is 11.3 Å². The second-order valence-corrected chi connectivity index (χ2v) is 5.05. The van der Waals surface area contributed by atoms with Crippen LogP contribution in [0.4, 0.5) is 0 Å². The van der Waals surface area contributed by atoms with Crippen molar-refractivity contribution in [3.8, 4) is 17.1 Å². The molecule has 0 atom stereocenters. The Kier molecular flexibility index (Phi) is 3.28. The molecular weight excluding hydrogens is 248 g/mol. The normalized spacial score (nSPS) is 16.1. The van der Waals surface area contributed by atoms with Gasteiger partial charge in [-0.3, -0.25) is 0 Å². The van der Waals surface area contributed by atoms with E-state index >= 15 is 0 Å². The van der Waals surface area contributed by atoms with Gasteiger partial charge >= 0.3 is 0 Å². The molecule has 0 N–H and O–H groups in total. The molecule has 0 bridgehead atoms. The van der Waals surface area contributed by atoms with Crippen molar-refractivity contribution in [3.05, 3.63) is 41.6 Å². The van der Waals surface area contributed by atoms with E-state index in [1.807, 2.05) is 30.3 Å². The number of furan rings is 1. The number of ether oxygens (including phenoxy) is 1. The molecule has 94 valence electrons. The van der Waals surface area contributed by atoms with Crippen LogP contribution in [0.15, 0.2) is 41.0 Å². The van der Waals surface area contributed by atoms with Gasteiger partial charge in [0.25, 0.3) is 0 Å². The molecule has 2 aromatic rings. The first-order valence-corrected chi connectivity index (χ1v) is 6.71. The van der Waals surface area contributed by atoms with Crippen LogP contribution in [0.5, 0.6) is 5.75 Å². The minimum absolute atomic E-state index is 0.331. The van der Waals surface area contributed by atoms with E-state index in [1.165, 1.54) is 12.8 Å².